The zero-order chi connectivity index (χ0) is 25.3. The van der Waals surface area contributed by atoms with Crippen LogP contribution in [0, 0.1) is 19.3 Å². The largest absolute Gasteiger partial charge is 0.395 e. The predicted octanol–water partition coefficient (Wildman–Crippen LogP) is 5.23. The van der Waals surface area contributed by atoms with Crippen molar-refractivity contribution in [1.82, 2.24) is 20.4 Å². The van der Waals surface area contributed by atoms with E-state index in [0.29, 0.717) is 28.8 Å². The monoisotopic (exact) mass is 502 g/mol. The number of benzene rings is 2. The van der Waals surface area contributed by atoms with Gasteiger partial charge in [-0.05, 0) is 62.1 Å². The first-order valence-electron chi connectivity index (χ1n) is 11.8. The molecule has 9 heteroatoms. The van der Waals surface area contributed by atoms with Gasteiger partial charge in [0.25, 0.3) is 0 Å². The highest BCUT2D eigenvalue weighted by molar-refractivity contribution is 6.30. The minimum absolute atomic E-state index is 0.0141. The van der Waals surface area contributed by atoms with Crippen LogP contribution in [0.15, 0.2) is 53.2 Å². The molecule has 0 bridgehead atoms. The Balaban J connectivity index is 1.65. The molecule has 4 N–H and O–H groups in total. The lowest BCUT2D eigenvalue weighted by molar-refractivity contribution is 0.298. The Morgan fingerprint density at radius 2 is 2.03 bits per heavy atom. The van der Waals surface area contributed by atoms with Crippen LogP contribution in [-0.2, 0) is 5.54 Å². The van der Waals surface area contributed by atoms with E-state index >= 15 is 0 Å². The molecule has 1 aliphatic carbocycles. The molecule has 2 aromatic heterocycles. The topological polar surface area (TPSA) is 120 Å². The molecule has 0 aliphatic heterocycles. The van der Waals surface area contributed by atoms with Crippen LogP contribution < -0.4 is 10.6 Å². The Hall–Kier alpha value is -3.75. The van der Waals surface area contributed by atoms with E-state index in [9.17, 15) is 0 Å². The van der Waals surface area contributed by atoms with E-state index in [1.807, 2.05) is 44.2 Å². The van der Waals surface area contributed by atoms with E-state index in [4.69, 9.17) is 36.6 Å². The van der Waals surface area contributed by atoms with Gasteiger partial charge in [-0.3, -0.25) is 0 Å². The van der Waals surface area contributed by atoms with Gasteiger partial charge in [-0.15, -0.1) is 0 Å². The van der Waals surface area contributed by atoms with E-state index in [1.165, 1.54) is 6.21 Å². The Morgan fingerprint density at radius 3 is 2.69 bits per heavy atom. The Bertz CT molecular complexity index is 1460. The molecule has 0 unspecified atom stereocenters. The van der Waals surface area contributed by atoms with Crippen LogP contribution in [-0.4, -0.2) is 39.6 Å². The minimum atomic E-state index is -0.272. The zero-order valence-electron chi connectivity index (χ0n) is 20.1. The molecule has 0 saturated heterocycles. The summed E-state index contributed by atoms with van der Waals surface area (Å²) in [7, 11) is 0. The fourth-order valence-electron chi connectivity index (χ4n) is 4.44. The molecule has 0 atom stereocenters. The lowest BCUT2D eigenvalue weighted by Gasteiger charge is -2.21. The van der Waals surface area contributed by atoms with Gasteiger partial charge in [0.1, 0.15) is 11.6 Å². The Kier molecular flexibility index (Phi) is 6.47. The fourth-order valence-corrected chi connectivity index (χ4v) is 4.63. The molecule has 2 aromatic carbocycles. The summed E-state index contributed by atoms with van der Waals surface area (Å²) in [5, 5.41) is 29.4. The number of aliphatic hydroxyl groups is 1. The van der Waals surface area contributed by atoms with Crippen molar-refractivity contribution < 1.29 is 9.63 Å². The van der Waals surface area contributed by atoms with Crippen molar-refractivity contribution in [1.29, 1.82) is 5.41 Å². The van der Waals surface area contributed by atoms with Gasteiger partial charge in [0.2, 0.25) is 0 Å². The van der Waals surface area contributed by atoms with Gasteiger partial charge in [-0.25, -0.2) is 9.97 Å². The molecule has 8 nitrogen and oxygen atoms in total. The van der Waals surface area contributed by atoms with Gasteiger partial charge in [-0.1, -0.05) is 35.0 Å². The van der Waals surface area contributed by atoms with E-state index in [-0.39, 0.29) is 12.1 Å². The van der Waals surface area contributed by atoms with E-state index in [1.54, 1.807) is 6.20 Å². The molecular weight excluding hydrogens is 476 g/mol. The summed E-state index contributed by atoms with van der Waals surface area (Å²) < 4.78 is 5.40. The summed E-state index contributed by atoms with van der Waals surface area (Å²) in [5.41, 5.74) is 4.84. The highest BCUT2D eigenvalue weighted by atomic mass is 35.5. The van der Waals surface area contributed by atoms with Crippen LogP contribution in [0.2, 0.25) is 5.02 Å². The third-order valence-electron chi connectivity index (χ3n) is 6.43. The van der Waals surface area contributed by atoms with Gasteiger partial charge < -0.3 is 25.7 Å². The maximum atomic E-state index is 9.10. The number of rotatable bonds is 9. The van der Waals surface area contributed by atoms with Crippen LogP contribution >= 0.6 is 11.6 Å². The van der Waals surface area contributed by atoms with Crippen molar-refractivity contribution in [2.24, 2.45) is 0 Å². The zero-order valence-corrected chi connectivity index (χ0v) is 20.9. The molecule has 4 aromatic rings. The normalized spacial score (nSPS) is 14.6. The third-order valence-corrected chi connectivity index (χ3v) is 6.67. The molecule has 0 spiro atoms. The molecular formula is C27H27ClN6O2. The standard InChI is InChI=1S/C27H27ClN6O2/c1-16-24(17(2)36-34-16)18-6-7-23-22(12-18)26(32-25(31-23)19(14-29)15-30-10-11-35)33-27(8-9-27)20-4-3-5-21(28)13-20/h3-7,12-15,29-30,35H,8-11H2,1-2H3,(H,31,32,33)/b19-15+,29-14?. The number of anilines is 1. The summed E-state index contributed by atoms with van der Waals surface area (Å²) in [5.74, 6) is 1.84. The summed E-state index contributed by atoms with van der Waals surface area (Å²) >= 11 is 6.30. The maximum absolute atomic E-state index is 9.10. The van der Waals surface area contributed by atoms with Crippen molar-refractivity contribution in [3.8, 4) is 11.1 Å². The minimum Gasteiger partial charge on any atom is -0.395 e. The number of hydrogen-bond donors (Lipinski definition) is 4. The molecule has 1 fully saturated rings. The number of allylic oxidation sites excluding steroid dienone is 1. The van der Waals surface area contributed by atoms with Crippen molar-refractivity contribution in [2.45, 2.75) is 32.2 Å². The second kappa shape index (κ2) is 9.72. The van der Waals surface area contributed by atoms with Gasteiger partial charge in [0, 0.05) is 34.9 Å². The van der Waals surface area contributed by atoms with Crippen molar-refractivity contribution in [3.63, 3.8) is 0 Å². The highest BCUT2D eigenvalue weighted by Gasteiger charge is 2.45. The van der Waals surface area contributed by atoms with Gasteiger partial charge in [0.05, 0.1) is 28.9 Å². The number of hydrogen-bond acceptors (Lipinski definition) is 8. The van der Waals surface area contributed by atoms with Crippen LogP contribution in [0.25, 0.3) is 27.6 Å². The highest BCUT2D eigenvalue weighted by Crippen LogP contribution is 2.49. The Morgan fingerprint density at radius 1 is 1.19 bits per heavy atom. The number of nitrogens with zero attached hydrogens (tertiary/aromatic N) is 3. The number of aromatic nitrogens is 3. The number of halogens is 1. The first-order valence-corrected chi connectivity index (χ1v) is 12.2. The molecule has 0 radical (unpaired) electrons. The van der Waals surface area contributed by atoms with Crippen LogP contribution in [0.3, 0.4) is 0 Å². The second-order valence-electron chi connectivity index (χ2n) is 8.97. The number of aliphatic hydroxyl groups excluding tert-OH is 1. The van der Waals surface area contributed by atoms with Crippen molar-refractivity contribution in [2.75, 3.05) is 18.5 Å². The van der Waals surface area contributed by atoms with Gasteiger partial charge in [0.15, 0.2) is 5.82 Å². The molecule has 1 aliphatic rings. The average molecular weight is 503 g/mol. The van der Waals surface area contributed by atoms with Crippen LogP contribution in [0.5, 0.6) is 0 Å². The molecule has 1 saturated carbocycles. The number of aryl methyl sites for hydroxylation is 2. The Labute approximate surface area is 213 Å². The summed E-state index contributed by atoms with van der Waals surface area (Å²) in [4.78, 5) is 9.63. The van der Waals surface area contributed by atoms with Gasteiger partial charge in [-0.2, -0.15) is 0 Å². The fraction of sp³-hybridized carbons (Fsp3) is 0.259. The summed E-state index contributed by atoms with van der Waals surface area (Å²) in [6.45, 7) is 4.18. The first kappa shape index (κ1) is 24.0. The van der Waals surface area contributed by atoms with Crippen molar-refractivity contribution >= 4 is 40.1 Å². The average Bonchev–Trinajstić information content (AvgIpc) is 3.58. The van der Waals surface area contributed by atoms with Crippen molar-refractivity contribution in [3.05, 3.63) is 76.5 Å². The SMILES string of the molecule is Cc1noc(C)c1-c1ccc2nc(/C(C=N)=C/NCCO)nc(NC3(c4cccc(Cl)c4)CC3)c2c1. The third kappa shape index (κ3) is 4.57. The van der Waals surface area contributed by atoms with E-state index in [0.717, 1.165) is 51.9 Å². The van der Waals surface area contributed by atoms with Crippen LogP contribution in [0.4, 0.5) is 5.82 Å². The summed E-state index contributed by atoms with van der Waals surface area (Å²) in [6, 6.07) is 13.9. The maximum Gasteiger partial charge on any atom is 0.165 e. The molecule has 5 rings (SSSR count). The number of nitrogens with one attached hydrogen (secondary N) is 3. The molecule has 2 heterocycles. The predicted molar refractivity (Wildman–Crippen MR) is 142 cm³/mol. The summed E-state index contributed by atoms with van der Waals surface area (Å²) in [6.07, 6.45) is 4.75. The lowest BCUT2D eigenvalue weighted by Crippen LogP contribution is -2.20. The van der Waals surface area contributed by atoms with Crippen LogP contribution in [0.1, 0.15) is 35.7 Å². The molecule has 36 heavy (non-hydrogen) atoms. The molecule has 0 amide bonds. The smallest absolute Gasteiger partial charge is 0.165 e. The lowest BCUT2D eigenvalue weighted by atomic mass is 10.0. The quantitative estimate of drug-likeness (QED) is 0.183. The first-order chi connectivity index (χ1) is 17.4. The van der Waals surface area contributed by atoms with E-state index < -0.39 is 0 Å². The second-order valence-corrected chi connectivity index (χ2v) is 9.40. The van der Waals surface area contributed by atoms with Gasteiger partial charge >= 0.3 is 0 Å². The van der Waals surface area contributed by atoms with E-state index in [2.05, 4.69) is 27.9 Å². The molecule has 184 valence electrons. The number of fused-ring (bicyclic) bond motifs is 1.